The van der Waals surface area contributed by atoms with Gasteiger partial charge < -0.3 is 10.3 Å². The monoisotopic (exact) mass is 200 g/mol. The molecule has 2 N–H and O–H groups in total. The van der Waals surface area contributed by atoms with E-state index in [1.54, 1.807) is 0 Å². The number of benzene rings is 1. The van der Waals surface area contributed by atoms with E-state index in [9.17, 15) is 4.79 Å². The van der Waals surface area contributed by atoms with Crippen LogP contribution in [0.25, 0.3) is 10.9 Å². The second-order valence-electron chi connectivity index (χ2n) is 3.93. The minimum atomic E-state index is 0.120. The van der Waals surface area contributed by atoms with Gasteiger partial charge in [-0.1, -0.05) is 12.1 Å². The summed E-state index contributed by atoms with van der Waals surface area (Å²) in [5, 5.41) is 4.15. The molecule has 3 rings (SSSR count). The lowest BCUT2D eigenvalue weighted by Gasteiger charge is -2.11. The largest absolute Gasteiger partial charge is 0.361 e. The fourth-order valence-corrected chi connectivity index (χ4v) is 2.25. The van der Waals surface area contributed by atoms with Crippen LogP contribution in [0.5, 0.6) is 0 Å². The van der Waals surface area contributed by atoms with Crippen molar-refractivity contribution >= 4 is 16.8 Å². The molecule has 0 unspecified atom stereocenters. The van der Waals surface area contributed by atoms with E-state index in [-0.39, 0.29) is 5.91 Å². The number of amides is 1. The quantitative estimate of drug-likeness (QED) is 0.663. The highest BCUT2D eigenvalue weighted by Crippen LogP contribution is 2.24. The average molecular weight is 200 g/mol. The van der Waals surface area contributed by atoms with Crippen molar-refractivity contribution in [1.82, 2.24) is 10.3 Å². The van der Waals surface area contributed by atoms with Gasteiger partial charge in [0, 0.05) is 23.6 Å². The lowest BCUT2D eigenvalue weighted by Crippen LogP contribution is -2.28. The molecule has 1 aliphatic rings. The normalized spacial score (nSPS) is 15.9. The maximum atomic E-state index is 11.5. The summed E-state index contributed by atoms with van der Waals surface area (Å²) in [6, 6.07) is 6.08. The molecule has 0 radical (unpaired) electrons. The highest BCUT2D eigenvalue weighted by atomic mass is 16.1. The first-order valence-electron chi connectivity index (χ1n) is 5.19. The second-order valence-corrected chi connectivity index (χ2v) is 3.93. The summed E-state index contributed by atoms with van der Waals surface area (Å²) in [5.74, 6) is 0.120. The minimum absolute atomic E-state index is 0.120. The van der Waals surface area contributed by atoms with Crippen LogP contribution in [0.3, 0.4) is 0 Å². The molecule has 3 nitrogen and oxygen atoms in total. The third kappa shape index (κ3) is 1.31. The molecule has 1 aromatic heterocycles. The van der Waals surface area contributed by atoms with Crippen molar-refractivity contribution in [3.8, 4) is 0 Å². The summed E-state index contributed by atoms with van der Waals surface area (Å²) < 4.78 is 0. The molecule has 0 fully saturated rings. The number of carbonyl (C=O) groups excluding carboxylic acids is 1. The van der Waals surface area contributed by atoms with Crippen molar-refractivity contribution in [3.63, 3.8) is 0 Å². The van der Waals surface area contributed by atoms with E-state index in [1.807, 2.05) is 18.3 Å². The minimum Gasteiger partial charge on any atom is -0.361 e. The molecule has 1 aliphatic heterocycles. The topological polar surface area (TPSA) is 44.9 Å². The Morgan fingerprint density at radius 1 is 1.20 bits per heavy atom. The van der Waals surface area contributed by atoms with Crippen LogP contribution in [-0.4, -0.2) is 17.4 Å². The van der Waals surface area contributed by atoms with Crippen LogP contribution in [0.4, 0.5) is 0 Å². The fourth-order valence-electron chi connectivity index (χ4n) is 2.25. The van der Waals surface area contributed by atoms with Gasteiger partial charge in [-0.05, 0) is 23.6 Å². The molecule has 2 aromatic rings. The van der Waals surface area contributed by atoms with Crippen LogP contribution in [0.1, 0.15) is 11.1 Å². The molecule has 1 aromatic carbocycles. The van der Waals surface area contributed by atoms with E-state index in [4.69, 9.17) is 0 Å². The zero-order valence-corrected chi connectivity index (χ0v) is 8.34. The van der Waals surface area contributed by atoms with Gasteiger partial charge in [0.05, 0.1) is 6.42 Å². The summed E-state index contributed by atoms with van der Waals surface area (Å²) in [5.41, 5.74) is 3.57. The zero-order chi connectivity index (χ0) is 10.3. The highest BCUT2D eigenvalue weighted by molar-refractivity contribution is 5.91. The first kappa shape index (κ1) is 8.53. The Bertz CT molecular complexity index is 527. The number of H-pyrrole nitrogens is 1. The molecule has 15 heavy (non-hydrogen) atoms. The molecular weight excluding hydrogens is 188 g/mol. The maximum absolute atomic E-state index is 11.5. The van der Waals surface area contributed by atoms with Gasteiger partial charge in [0.15, 0.2) is 0 Å². The molecule has 0 spiro atoms. The SMILES string of the molecule is O=C1Cc2cccc3[nH]cc(c23)CCN1. The Kier molecular flexibility index (Phi) is 1.78. The summed E-state index contributed by atoms with van der Waals surface area (Å²) in [4.78, 5) is 14.7. The number of hydrogen-bond acceptors (Lipinski definition) is 1. The van der Waals surface area contributed by atoms with E-state index in [2.05, 4.69) is 16.4 Å². The number of aromatic amines is 1. The molecule has 2 heterocycles. The number of aromatic nitrogens is 1. The van der Waals surface area contributed by atoms with E-state index in [0.717, 1.165) is 24.0 Å². The van der Waals surface area contributed by atoms with E-state index < -0.39 is 0 Å². The molecule has 0 saturated heterocycles. The predicted octanol–water partition coefficient (Wildman–Crippen LogP) is 1.38. The van der Waals surface area contributed by atoms with E-state index in [1.165, 1.54) is 10.9 Å². The van der Waals surface area contributed by atoms with Crippen LogP contribution in [0, 0.1) is 0 Å². The van der Waals surface area contributed by atoms with E-state index >= 15 is 0 Å². The van der Waals surface area contributed by atoms with Gasteiger partial charge in [0.2, 0.25) is 5.91 Å². The third-order valence-electron chi connectivity index (χ3n) is 2.94. The van der Waals surface area contributed by atoms with Gasteiger partial charge >= 0.3 is 0 Å². The molecular formula is C12H12N2O. The third-order valence-corrected chi connectivity index (χ3v) is 2.94. The van der Waals surface area contributed by atoms with Crippen LogP contribution >= 0.6 is 0 Å². The Morgan fingerprint density at radius 3 is 3.07 bits per heavy atom. The van der Waals surface area contributed by atoms with Gasteiger partial charge in [-0.25, -0.2) is 0 Å². The standard InChI is InChI=1S/C12H12N2O/c15-11-6-8-2-1-3-10-12(8)9(7-14-10)4-5-13-11/h1-3,7,14H,4-6H2,(H,13,15). The van der Waals surface area contributed by atoms with Crippen molar-refractivity contribution in [1.29, 1.82) is 0 Å². The number of carbonyl (C=O) groups is 1. The van der Waals surface area contributed by atoms with Crippen molar-refractivity contribution in [3.05, 3.63) is 35.5 Å². The summed E-state index contributed by atoms with van der Waals surface area (Å²) >= 11 is 0. The van der Waals surface area contributed by atoms with Crippen molar-refractivity contribution < 1.29 is 4.79 Å². The van der Waals surface area contributed by atoms with Crippen LogP contribution in [-0.2, 0) is 17.6 Å². The van der Waals surface area contributed by atoms with Crippen LogP contribution < -0.4 is 5.32 Å². The number of rotatable bonds is 0. The molecule has 1 amide bonds. The predicted molar refractivity (Wildman–Crippen MR) is 58.7 cm³/mol. The first-order valence-corrected chi connectivity index (χ1v) is 5.19. The van der Waals surface area contributed by atoms with Gasteiger partial charge in [-0.2, -0.15) is 0 Å². The van der Waals surface area contributed by atoms with Crippen LogP contribution in [0.2, 0.25) is 0 Å². The van der Waals surface area contributed by atoms with Crippen LogP contribution in [0.15, 0.2) is 24.4 Å². The second kappa shape index (κ2) is 3.12. The Hall–Kier alpha value is -1.77. The smallest absolute Gasteiger partial charge is 0.224 e. The molecule has 3 heteroatoms. The first-order chi connectivity index (χ1) is 7.34. The van der Waals surface area contributed by atoms with Crippen molar-refractivity contribution in [2.75, 3.05) is 6.54 Å². The summed E-state index contributed by atoms with van der Waals surface area (Å²) in [7, 11) is 0. The van der Waals surface area contributed by atoms with Gasteiger partial charge in [-0.15, -0.1) is 0 Å². The fraction of sp³-hybridized carbons (Fsp3) is 0.250. The highest BCUT2D eigenvalue weighted by Gasteiger charge is 2.14. The van der Waals surface area contributed by atoms with Crippen molar-refractivity contribution in [2.24, 2.45) is 0 Å². The lowest BCUT2D eigenvalue weighted by atomic mass is 10.00. The number of nitrogens with one attached hydrogen (secondary N) is 2. The molecule has 0 bridgehead atoms. The Labute approximate surface area is 87.5 Å². The average Bonchev–Trinajstić information content (AvgIpc) is 2.60. The zero-order valence-electron chi connectivity index (χ0n) is 8.34. The van der Waals surface area contributed by atoms with Gasteiger partial charge in [0.25, 0.3) is 0 Å². The molecule has 0 saturated carbocycles. The van der Waals surface area contributed by atoms with Gasteiger partial charge in [-0.3, -0.25) is 4.79 Å². The Balaban J connectivity index is 2.28. The lowest BCUT2D eigenvalue weighted by molar-refractivity contribution is -0.120. The molecule has 76 valence electrons. The summed E-state index contributed by atoms with van der Waals surface area (Å²) in [6.07, 6.45) is 3.44. The molecule has 0 atom stereocenters. The summed E-state index contributed by atoms with van der Waals surface area (Å²) in [6.45, 7) is 0.736. The van der Waals surface area contributed by atoms with E-state index in [0.29, 0.717) is 6.42 Å². The number of hydrogen-bond donors (Lipinski definition) is 2. The molecule has 0 aliphatic carbocycles. The van der Waals surface area contributed by atoms with Crippen molar-refractivity contribution in [2.45, 2.75) is 12.8 Å². The van der Waals surface area contributed by atoms with Gasteiger partial charge in [0.1, 0.15) is 0 Å². The maximum Gasteiger partial charge on any atom is 0.224 e. The Morgan fingerprint density at radius 2 is 2.13 bits per heavy atom.